The number of alkyl halides is 1. The molecule has 0 unspecified atom stereocenters. The monoisotopic (exact) mass is 510 g/mol. The third-order valence-electron chi connectivity index (χ3n) is 10.4. The molecule has 1 N–H and O–H groups in total. The zero-order valence-corrected chi connectivity index (χ0v) is 23.4. The maximum atomic E-state index is 18.1. The molecule has 4 rings (SSSR count). The minimum atomic E-state index is -2.21. The first-order chi connectivity index (χ1) is 16.0. The number of rotatable bonds is 5. The quantitative estimate of drug-likeness (QED) is 0.428. The summed E-state index contributed by atoms with van der Waals surface area (Å²) in [6.07, 6.45) is 2.75. The summed E-state index contributed by atoms with van der Waals surface area (Å²) in [5.74, 6) is -1.83. The van der Waals surface area contributed by atoms with Crippen LogP contribution in [0.3, 0.4) is 0 Å². The van der Waals surface area contributed by atoms with Gasteiger partial charge in [-0.15, -0.1) is 0 Å². The number of ether oxygens (including phenoxy) is 1. The molecule has 0 aromatic carbocycles. The number of carbonyl (C=O) groups excluding carboxylic acids is 3. The van der Waals surface area contributed by atoms with E-state index >= 15 is 4.39 Å². The van der Waals surface area contributed by atoms with Crippen LogP contribution in [0.25, 0.3) is 0 Å². The highest BCUT2D eigenvalue weighted by Gasteiger charge is 2.77. The molecular weight excluding hydrogens is 467 g/mol. The second kappa shape index (κ2) is 8.45. The molecule has 4 saturated carbocycles. The second-order valence-corrected chi connectivity index (χ2v) is 17.8. The zero-order chi connectivity index (χ0) is 26.2. The normalized spacial score (nSPS) is 47.5. The highest BCUT2D eigenvalue weighted by atomic mass is 28.4. The van der Waals surface area contributed by atoms with Gasteiger partial charge in [-0.1, -0.05) is 20.8 Å². The van der Waals surface area contributed by atoms with E-state index in [9.17, 15) is 19.5 Å². The molecule has 0 bridgehead atoms. The summed E-state index contributed by atoms with van der Waals surface area (Å²) >= 11 is 0. The molecule has 0 heterocycles. The zero-order valence-electron chi connectivity index (χ0n) is 22.4. The predicted octanol–water partition coefficient (Wildman–Crippen LogP) is 4.63. The summed E-state index contributed by atoms with van der Waals surface area (Å²) in [5, 5.41) is 12.1. The van der Waals surface area contributed by atoms with E-state index in [-0.39, 0.29) is 30.0 Å². The van der Waals surface area contributed by atoms with Crippen molar-refractivity contribution in [2.45, 2.75) is 110 Å². The van der Waals surface area contributed by atoms with Gasteiger partial charge in [-0.05, 0) is 75.4 Å². The Morgan fingerprint density at radius 1 is 1.14 bits per heavy atom. The van der Waals surface area contributed by atoms with Crippen LogP contribution in [0.2, 0.25) is 19.6 Å². The lowest BCUT2D eigenvalue weighted by molar-refractivity contribution is -0.250. The molecule has 0 aromatic rings. The molecule has 35 heavy (non-hydrogen) atoms. The Kier molecular flexibility index (Phi) is 6.50. The second-order valence-electron chi connectivity index (χ2n) is 13.4. The summed E-state index contributed by atoms with van der Waals surface area (Å²) in [6, 6.07) is 0. The van der Waals surface area contributed by atoms with Crippen molar-refractivity contribution in [1.29, 1.82) is 0 Å². The van der Waals surface area contributed by atoms with Gasteiger partial charge in [0.15, 0.2) is 14.9 Å². The van der Waals surface area contributed by atoms with Crippen LogP contribution < -0.4 is 0 Å². The first-order valence-electron chi connectivity index (χ1n) is 13.3. The molecule has 0 saturated heterocycles. The first kappa shape index (κ1) is 26.9. The lowest BCUT2D eigenvalue weighted by Gasteiger charge is -2.66. The molecule has 4 fully saturated rings. The number of hydrogen-bond acceptors (Lipinski definition) is 6. The maximum absolute atomic E-state index is 18.1. The number of halogens is 1. The van der Waals surface area contributed by atoms with Gasteiger partial charge in [0.25, 0.3) is 0 Å². The molecule has 0 amide bonds. The first-order valence-corrected chi connectivity index (χ1v) is 16.7. The van der Waals surface area contributed by atoms with Crippen LogP contribution in [-0.4, -0.2) is 54.9 Å². The molecular formula is C27H43FO6Si. The summed E-state index contributed by atoms with van der Waals surface area (Å²) in [6.45, 7) is 12.7. The van der Waals surface area contributed by atoms with Crippen molar-refractivity contribution in [2.24, 2.45) is 34.5 Å². The van der Waals surface area contributed by atoms with Crippen molar-refractivity contribution in [1.82, 2.24) is 0 Å². The maximum Gasteiger partial charge on any atom is 0.303 e. The Balaban J connectivity index is 1.81. The molecule has 198 valence electrons. The average molecular weight is 511 g/mol. The molecule has 4 aliphatic rings. The fourth-order valence-electron chi connectivity index (χ4n) is 8.78. The van der Waals surface area contributed by atoms with Crippen LogP contribution in [0, 0.1) is 34.5 Å². The van der Waals surface area contributed by atoms with Gasteiger partial charge in [-0.3, -0.25) is 14.4 Å². The number of fused-ring (bicyclic) bond motifs is 5. The Morgan fingerprint density at radius 3 is 2.40 bits per heavy atom. The van der Waals surface area contributed by atoms with Gasteiger partial charge in [0.2, 0.25) is 5.78 Å². The fraction of sp³-hybridized carbons (Fsp3) is 0.889. The third kappa shape index (κ3) is 3.80. The number of ketones is 2. The standard InChI is InChI=1S/C27H43FO6Si/c1-16-12-21-20-9-8-18-13-19(30)10-11-24(18,3)26(20,28)23(34-35(5,6)7)14-25(21,4)27(16,32)22(31)15-33-17(2)29/h16,18,20-21,23,32H,8-15H2,1-7H3/t16-,18+,20+,21+,23+,24+,25+,26+,27+/m1/s1. The molecule has 0 spiro atoms. The Hall–Kier alpha value is -1.12. The van der Waals surface area contributed by atoms with E-state index < -0.39 is 60.8 Å². The highest BCUT2D eigenvalue weighted by molar-refractivity contribution is 6.69. The minimum Gasteiger partial charge on any atom is -0.458 e. The van der Waals surface area contributed by atoms with Crippen molar-refractivity contribution >= 4 is 25.9 Å². The Labute approximate surface area is 209 Å². The Bertz CT molecular complexity index is 918. The van der Waals surface area contributed by atoms with Crippen molar-refractivity contribution in [3.05, 3.63) is 0 Å². The van der Waals surface area contributed by atoms with Crippen molar-refractivity contribution in [3.63, 3.8) is 0 Å². The van der Waals surface area contributed by atoms with Crippen LogP contribution in [-0.2, 0) is 23.5 Å². The van der Waals surface area contributed by atoms with E-state index in [0.29, 0.717) is 32.1 Å². The van der Waals surface area contributed by atoms with Gasteiger partial charge in [-0.25, -0.2) is 4.39 Å². The van der Waals surface area contributed by atoms with E-state index in [0.717, 1.165) is 6.42 Å². The molecule has 8 heteroatoms. The number of aliphatic hydroxyl groups is 1. The van der Waals surface area contributed by atoms with Crippen LogP contribution in [0.1, 0.15) is 72.6 Å². The van der Waals surface area contributed by atoms with Gasteiger partial charge in [0.05, 0.1) is 6.10 Å². The largest absolute Gasteiger partial charge is 0.458 e. The van der Waals surface area contributed by atoms with Gasteiger partial charge in [-0.2, -0.15) is 0 Å². The van der Waals surface area contributed by atoms with Crippen molar-refractivity contribution < 1.29 is 33.0 Å². The van der Waals surface area contributed by atoms with Crippen LogP contribution in [0.15, 0.2) is 0 Å². The number of carbonyl (C=O) groups is 3. The number of Topliss-reactive ketones (excluding diaryl/α,β-unsaturated/α-hetero) is 2. The third-order valence-corrected chi connectivity index (χ3v) is 11.4. The van der Waals surface area contributed by atoms with Gasteiger partial charge >= 0.3 is 5.97 Å². The molecule has 0 radical (unpaired) electrons. The summed E-state index contributed by atoms with van der Waals surface area (Å²) in [7, 11) is -2.21. The summed E-state index contributed by atoms with van der Waals surface area (Å²) < 4.78 is 29.7. The SMILES string of the molecule is CC(=O)OCC(=O)[C@@]1(O)[C@H](C)C[C@H]2[C@@H]3CC[C@H]4CC(=O)CC[C@]4(C)[C@@]3(F)[C@@H](O[Si](C)(C)C)C[C@@]21C. The van der Waals surface area contributed by atoms with E-state index in [4.69, 9.17) is 9.16 Å². The van der Waals surface area contributed by atoms with Crippen molar-refractivity contribution in [2.75, 3.05) is 6.61 Å². The molecule has 6 nitrogen and oxygen atoms in total. The summed E-state index contributed by atoms with van der Waals surface area (Å²) in [4.78, 5) is 37.1. The van der Waals surface area contributed by atoms with E-state index in [1.54, 1.807) is 0 Å². The van der Waals surface area contributed by atoms with Crippen LogP contribution >= 0.6 is 0 Å². The Morgan fingerprint density at radius 2 is 1.80 bits per heavy atom. The van der Waals surface area contributed by atoms with E-state index in [2.05, 4.69) is 0 Å². The fourth-order valence-corrected chi connectivity index (χ4v) is 9.88. The van der Waals surface area contributed by atoms with Crippen LogP contribution in [0.5, 0.6) is 0 Å². The molecule has 0 aromatic heterocycles. The minimum absolute atomic E-state index is 0.00889. The number of esters is 1. The highest BCUT2D eigenvalue weighted by Crippen LogP contribution is 2.72. The van der Waals surface area contributed by atoms with Crippen molar-refractivity contribution in [3.8, 4) is 0 Å². The lowest BCUT2D eigenvalue weighted by Crippen LogP contribution is -2.72. The van der Waals surface area contributed by atoms with Gasteiger partial charge in [0.1, 0.15) is 17.1 Å². The van der Waals surface area contributed by atoms with Gasteiger partial charge < -0.3 is 14.3 Å². The van der Waals surface area contributed by atoms with E-state index in [1.165, 1.54) is 6.92 Å². The average Bonchev–Trinajstić information content (AvgIpc) is 2.94. The number of hydrogen-bond donors (Lipinski definition) is 1. The molecule has 0 aliphatic heterocycles. The lowest BCUT2D eigenvalue weighted by atomic mass is 9.42. The van der Waals surface area contributed by atoms with E-state index in [1.807, 2.05) is 40.4 Å². The predicted molar refractivity (Wildman–Crippen MR) is 132 cm³/mol. The molecule has 9 atom stereocenters. The summed E-state index contributed by atoms with van der Waals surface area (Å²) in [5.41, 5.74) is -4.94. The van der Waals surface area contributed by atoms with Crippen LogP contribution in [0.4, 0.5) is 4.39 Å². The smallest absolute Gasteiger partial charge is 0.303 e. The van der Waals surface area contributed by atoms with Gasteiger partial charge in [0, 0.05) is 30.6 Å². The molecule has 4 aliphatic carbocycles. The topological polar surface area (TPSA) is 89.9 Å².